The second-order valence-electron chi connectivity index (χ2n) is 5.25. The third-order valence-electron chi connectivity index (χ3n) is 3.96. The first-order valence-corrected chi connectivity index (χ1v) is 7.33. The van der Waals surface area contributed by atoms with Crippen molar-refractivity contribution in [3.63, 3.8) is 0 Å². The van der Waals surface area contributed by atoms with E-state index in [1.165, 1.54) is 5.56 Å². The monoisotopic (exact) mass is 282 g/mol. The molecular formula is C14H26N4O2. The van der Waals surface area contributed by atoms with Crippen molar-refractivity contribution in [2.45, 2.75) is 19.9 Å². The molecular weight excluding hydrogens is 256 g/mol. The number of aliphatic hydroxyl groups is 1. The Balaban J connectivity index is 2.00. The summed E-state index contributed by atoms with van der Waals surface area (Å²) in [5.41, 5.74) is 2.34. The van der Waals surface area contributed by atoms with Crippen molar-refractivity contribution in [1.82, 2.24) is 19.6 Å². The molecule has 1 aromatic heterocycles. The summed E-state index contributed by atoms with van der Waals surface area (Å²) in [7, 11) is 3.64. The van der Waals surface area contributed by atoms with Gasteiger partial charge in [0.1, 0.15) is 0 Å². The highest BCUT2D eigenvalue weighted by Crippen LogP contribution is 2.24. The number of aryl methyl sites for hydroxylation is 2. The molecule has 2 heterocycles. The highest BCUT2D eigenvalue weighted by Gasteiger charge is 2.21. The van der Waals surface area contributed by atoms with E-state index in [4.69, 9.17) is 9.84 Å². The lowest BCUT2D eigenvalue weighted by molar-refractivity contribution is 0.107. The maximum Gasteiger partial charge on any atom is 0.216 e. The van der Waals surface area contributed by atoms with Gasteiger partial charge < -0.3 is 9.84 Å². The number of methoxy groups -OCH3 is 1. The number of nitrogens with zero attached hydrogens (tertiary/aromatic N) is 4. The lowest BCUT2D eigenvalue weighted by Crippen LogP contribution is -2.46. The predicted octanol–water partition coefficient (Wildman–Crippen LogP) is 0.101. The van der Waals surface area contributed by atoms with Crippen LogP contribution in [0.2, 0.25) is 0 Å². The van der Waals surface area contributed by atoms with E-state index in [1.54, 1.807) is 7.11 Å². The van der Waals surface area contributed by atoms with Gasteiger partial charge in [-0.2, -0.15) is 5.10 Å². The van der Waals surface area contributed by atoms with Crippen LogP contribution in [0, 0.1) is 0 Å². The van der Waals surface area contributed by atoms with Crippen LogP contribution in [0.25, 0.3) is 0 Å². The number of hydrogen-bond donors (Lipinski definition) is 1. The van der Waals surface area contributed by atoms with Crippen LogP contribution in [0.4, 0.5) is 0 Å². The Morgan fingerprint density at radius 3 is 2.40 bits per heavy atom. The van der Waals surface area contributed by atoms with E-state index in [-0.39, 0.29) is 6.61 Å². The molecule has 0 bridgehead atoms. The number of aromatic nitrogens is 2. The Hall–Kier alpha value is -1.11. The number of ether oxygens (including phenoxy) is 1. The quantitative estimate of drug-likeness (QED) is 0.802. The van der Waals surface area contributed by atoms with Crippen molar-refractivity contribution in [3.05, 3.63) is 11.3 Å². The van der Waals surface area contributed by atoms with Gasteiger partial charge in [0.15, 0.2) is 0 Å². The average Bonchev–Trinajstić information content (AvgIpc) is 2.76. The summed E-state index contributed by atoms with van der Waals surface area (Å²) >= 11 is 0. The van der Waals surface area contributed by atoms with E-state index in [1.807, 2.05) is 11.7 Å². The van der Waals surface area contributed by atoms with Crippen LogP contribution < -0.4 is 4.74 Å². The maximum atomic E-state index is 8.98. The van der Waals surface area contributed by atoms with Gasteiger partial charge in [0.25, 0.3) is 0 Å². The molecule has 0 radical (unpaired) electrons. The van der Waals surface area contributed by atoms with E-state index in [0.717, 1.165) is 57.3 Å². The molecule has 6 nitrogen and oxygen atoms in total. The molecule has 0 amide bonds. The van der Waals surface area contributed by atoms with Gasteiger partial charge in [0, 0.05) is 46.3 Å². The molecule has 1 N–H and O–H groups in total. The zero-order valence-electron chi connectivity index (χ0n) is 12.8. The summed E-state index contributed by atoms with van der Waals surface area (Å²) < 4.78 is 7.32. The molecule has 0 aromatic carbocycles. The molecule has 1 aliphatic rings. The van der Waals surface area contributed by atoms with E-state index >= 15 is 0 Å². The van der Waals surface area contributed by atoms with Gasteiger partial charge in [0.05, 0.1) is 25.0 Å². The standard InChI is InChI=1S/C14H26N4O2/c1-4-13-12(14(20-3)16(2)15-13)11-18-7-5-17(6-8-18)9-10-19/h19H,4-11H2,1-3H3. The second-order valence-corrected chi connectivity index (χ2v) is 5.25. The number of aliphatic hydroxyl groups excluding tert-OH is 1. The van der Waals surface area contributed by atoms with Gasteiger partial charge in [-0.25, -0.2) is 4.68 Å². The van der Waals surface area contributed by atoms with E-state index in [2.05, 4.69) is 21.8 Å². The minimum Gasteiger partial charge on any atom is -0.481 e. The van der Waals surface area contributed by atoms with Crippen LogP contribution in [-0.4, -0.2) is 71.1 Å². The second kappa shape index (κ2) is 7.06. The van der Waals surface area contributed by atoms with Gasteiger partial charge in [0.2, 0.25) is 5.88 Å². The molecule has 0 spiro atoms. The minimum absolute atomic E-state index is 0.246. The van der Waals surface area contributed by atoms with Gasteiger partial charge >= 0.3 is 0 Å². The molecule has 114 valence electrons. The Bertz CT molecular complexity index is 425. The van der Waals surface area contributed by atoms with Crippen LogP contribution in [0.1, 0.15) is 18.2 Å². The zero-order valence-corrected chi connectivity index (χ0v) is 12.8. The van der Waals surface area contributed by atoms with Crippen LogP contribution in [0.15, 0.2) is 0 Å². The van der Waals surface area contributed by atoms with Crippen molar-refractivity contribution in [2.24, 2.45) is 7.05 Å². The first kappa shape index (κ1) is 15.3. The smallest absolute Gasteiger partial charge is 0.216 e. The molecule has 1 fully saturated rings. The summed E-state index contributed by atoms with van der Waals surface area (Å²) in [5, 5.41) is 13.5. The van der Waals surface area contributed by atoms with Gasteiger partial charge in [-0.05, 0) is 6.42 Å². The molecule has 0 aliphatic carbocycles. The number of β-amino-alcohol motifs (C(OH)–C–C–N with tert-alkyl or cyclic N) is 1. The molecule has 2 rings (SSSR count). The fraction of sp³-hybridized carbons (Fsp3) is 0.786. The first-order valence-electron chi connectivity index (χ1n) is 7.33. The highest BCUT2D eigenvalue weighted by molar-refractivity contribution is 5.31. The first-order chi connectivity index (χ1) is 9.69. The normalized spacial score (nSPS) is 17.6. The Morgan fingerprint density at radius 2 is 1.85 bits per heavy atom. The van der Waals surface area contributed by atoms with Crippen LogP contribution in [-0.2, 0) is 20.0 Å². The Morgan fingerprint density at radius 1 is 1.20 bits per heavy atom. The highest BCUT2D eigenvalue weighted by atomic mass is 16.5. The number of hydrogen-bond acceptors (Lipinski definition) is 5. The largest absolute Gasteiger partial charge is 0.481 e. The third-order valence-corrected chi connectivity index (χ3v) is 3.96. The molecule has 6 heteroatoms. The van der Waals surface area contributed by atoms with E-state index in [9.17, 15) is 0 Å². The summed E-state index contributed by atoms with van der Waals surface area (Å²) in [6.45, 7) is 8.15. The lowest BCUT2D eigenvalue weighted by Gasteiger charge is -2.34. The minimum atomic E-state index is 0.246. The molecule has 1 saturated heterocycles. The van der Waals surface area contributed by atoms with Crippen molar-refractivity contribution in [1.29, 1.82) is 0 Å². The number of rotatable bonds is 6. The molecule has 20 heavy (non-hydrogen) atoms. The maximum absolute atomic E-state index is 8.98. The average molecular weight is 282 g/mol. The SMILES string of the molecule is CCc1nn(C)c(OC)c1CN1CCN(CCO)CC1. The van der Waals surface area contributed by atoms with Crippen LogP contribution in [0.5, 0.6) is 5.88 Å². The fourth-order valence-electron chi connectivity index (χ4n) is 2.84. The summed E-state index contributed by atoms with van der Waals surface area (Å²) in [6, 6.07) is 0. The lowest BCUT2D eigenvalue weighted by atomic mass is 10.1. The summed E-state index contributed by atoms with van der Waals surface area (Å²) in [5.74, 6) is 0.875. The summed E-state index contributed by atoms with van der Waals surface area (Å²) in [4.78, 5) is 4.74. The van der Waals surface area contributed by atoms with Gasteiger partial charge in [-0.1, -0.05) is 6.92 Å². The van der Waals surface area contributed by atoms with Gasteiger partial charge in [-0.15, -0.1) is 0 Å². The topological polar surface area (TPSA) is 53.8 Å². The van der Waals surface area contributed by atoms with Gasteiger partial charge in [-0.3, -0.25) is 9.80 Å². The van der Waals surface area contributed by atoms with Crippen LogP contribution in [0.3, 0.4) is 0 Å². The van der Waals surface area contributed by atoms with Crippen molar-refractivity contribution < 1.29 is 9.84 Å². The van der Waals surface area contributed by atoms with Crippen molar-refractivity contribution >= 4 is 0 Å². The predicted molar refractivity (Wildman–Crippen MR) is 77.9 cm³/mol. The third kappa shape index (κ3) is 3.31. The molecule has 1 aromatic rings. The summed E-state index contributed by atoms with van der Waals surface area (Å²) in [6.07, 6.45) is 0.928. The zero-order chi connectivity index (χ0) is 14.5. The van der Waals surface area contributed by atoms with E-state index < -0.39 is 0 Å². The van der Waals surface area contributed by atoms with Crippen molar-refractivity contribution in [3.8, 4) is 5.88 Å². The fourth-order valence-corrected chi connectivity index (χ4v) is 2.84. The molecule has 0 saturated carbocycles. The van der Waals surface area contributed by atoms with E-state index in [0.29, 0.717) is 0 Å². The molecule has 0 unspecified atom stereocenters. The Kier molecular flexibility index (Phi) is 5.39. The number of piperazine rings is 1. The van der Waals surface area contributed by atoms with Crippen molar-refractivity contribution in [2.75, 3.05) is 46.4 Å². The Labute approximate surface area is 120 Å². The molecule has 0 atom stereocenters. The molecule has 1 aliphatic heterocycles. The van der Waals surface area contributed by atoms with Crippen LogP contribution >= 0.6 is 0 Å².